The molecule has 0 fully saturated rings. The first-order chi connectivity index (χ1) is 26.9. The molecule has 55 heavy (non-hydrogen) atoms. The zero-order valence-electron chi connectivity index (χ0n) is 36.2. The van der Waals surface area contributed by atoms with Gasteiger partial charge in [0.1, 0.15) is 6.10 Å². The Balaban J connectivity index is 3.94. The van der Waals surface area contributed by atoms with Crippen molar-refractivity contribution in [2.45, 2.75) is 232 Å². The van der Waals surface area contributed by atoms with Gasteiger partial charge >= 0.3 is 13.8 Å². The van der Waals surface area contributed by atoms with Crippen LogP contribution >= 0.6 is 7.82 Å². The van der Waals surface area contributed by atoms with Gasteiger partial charge in [-0.3, -0.25) is 13.8 Å². The number of rotatable bonds is 45. The molecule has 0 aromatic heterocycles. The zero-order valence-corrected chi connectivity index (χ0v) is 37.1. The quantitative estimate of drug-likeness (QED) is 0.0271. The highest BCUT2D eigenvalue weighted by Gasteiger charge is 2.25. The Hall–Kier alpha value is -1.02. The van der Waals surface area contributed by atoms with Gasteiger partial charge in [0.2, 0.25) is 0 Å². The van der Waals surface area contributed by atoms with Crippen molar-refractivity contribution in [3.8, 4) is 0 Å². The lowest BCUT2D eigenvalue weighted by atomic mass is 10.0. The molecule has 2 atom stereocenters. The molecule has 3 N–H and O–H groups in total. The minimum atomic E-state index is -4.27. The van der Waals surface area contributed by atoms with Gasteiger partial charge in [0.15, 0.2) is 0 Å². The molecule has 0 rings (SSSR count). The lowest BCUT2D eigenvalue weighted by Crippen LogP contribution is -2.28. The molecule has 0 aromatic rings. The normalized spacial score (nSPS) is 13.6. The van der Waals surface area contributed by atoms with E-state index in [4.69, 9.17) is 24.3 Å². The van der Waals surface area contributed by atoms with Crippen LogP contribution in [0.2, 0.25) is 0 Å². The Labute approximate surface area is 340 Å². The summed E-state index contributed by atoms with van der Waals surface area (Å²) in [6.45, 7) is 4.94. The number of nitrogens with two attached hydrogens (primary N) is 1. The van der Waals surface area contributed by atoms with E-state index in [0.29, 0.717) is 13.0 Å². The van der Waals surface area contributed by atoms with Crippen LogP contribution in [-0.2, 0) is 27.9 Å². The van der Waals surface area contributed by atoms with Crippen LogP contribution in [0.1, 0.15) is 226 Å². The number of ether oxygens (including phenoxy) is 2. The lowest BCUT2D eigenvalue weighted by Gasteiger charge is -2.20. The average molecular weight is 800 g/mol. The van der Waals surface area contributed by atoms with Crippen LogP contribution in [0.5, 0.6) is 0 Å². The summed E-state index contributed by atoms with van der Waals surface area (Å²) in [5, 5.41) is 0. The van der Waals surface area contributed by atoms with E-state index in [1.165, 1.54) is 167 Å². The van der Waals surface area contributed by atoms with Gasteiger partial charge in [-0.2, -0.15) is 0 Å². The molecular formula is C46H90NO7P. The maximum absolute atomic E-state index is 12.6. The van der Waals surface area contributed by atoms with Gasteiger partial charge in [0.25, 0.3) is 0 Å². The lowest BCUT2D eigenvalue weighted by molar-refractivity contribution is -0.154. The topological polar surface area (TPSA) is 117 Å². The van der Waals surface area contributed by atoms with Crippen molar-refractivity contribution in [1.82, 2.24) is 0 Å². The molecule has 0 radical (unpaired) electrons. The van der Waals surface area contributed by atoms with Crippen molar-refractivity contribution >= 4 is 13.8 Å². The van der Waals surface area contributed by atoms with E-state index < -0.39 is 13.9 Å². The van der Waals surface area contributed by atoms with Gasteiger partial charge in [0, 0.05) is 19.6 Å². The summed E-state index contributed by atoms with van der Waals surface area (Å²) in [5.74, 6) is -0.328. The van der Waals surface area contributed by atoms with Gasteiger partial charge in [-0.25, -0.2) is 4.57 Å². The molecule has 0 bridgehead atoms. The highest BCUT2D eigenvalue weighted by atomic mass is 31.2. The second-order valence-corrected chi connectivity index (χ2v) is 17.1. The monoisotopic (exact) mass is 800 g/mol. The van der Waals surface area contributed by atoms with Gasteiger partial charge in [0.05, 0.1) is 19.8 Å². The Kier molecular flexibility index (Phi) is 43.3. The van der Waals surface area contributed by atoms with Crippen LogP contribution in [0, 0.1) is 0 Å². The highest BCUT2D eigenvalue weighted by molar-refractivity contribution is 7.47. The fourth-order valence-electron chi connectivity index (χ4n) is 6.68. The van der Waals surface area contributed by atoms with Crippen molar-refractivity contribution in [1.29, 1.82) is 0 Å². The molecule has 0 saturated heterocycles. The van der Waals surface area contributed by atoms with E-state index in [2.05, 4.69) is 38.2 Å². The summed E-state index contributed by atoms with van der Waals surface area (Å²) in [5.41, 5.74) is 5.37. The smallest absolute Gasteiger partial charge is 0.457 e. The fourth-order valence-corrected chi connectivity index (χ4v) is 7.44. The van der Waals surface area contributed by atoms with E-state index in [-0.39, 0.29) is 32.3 Å². The number of esters is 1. The Bertz CT molecular complexity index is 900. The summed E-state index contributed by atoms with van der Waals surface area (Å²) in [6.07, 6.45) is 49.1. The van der Waals surface area contributed by atoms with E-state index in [1.807, 2.05) is 0 Å². The molecule has 0 aliphatic rings. The van der Waals surface area contributed by atoms with Crippen LogP contribution in [0.3, 0.4) is 0 Å². The number of phosphoric acid groups is 1. The molecule has 8 nitrogen and oxygen atoms in total. The summed E-state index contributed by atoms with van der Waals surface area (Å²) in [7, 11) is -4.27. The van der Waals surface area contributed by atoms with Crippen molar-refractivity contribution in [3.05, 3.63) is 24.3 Å². The minimum absolute atomic E-state index is 0.0938. The fraction of sp³-hybridized carbons (Fsp3) is 0.891. The third kappa shape index (κ3) is 43.9. The second kappa shape index (κ2) is 44.1. The Morgan fingerprint density at radius 1 is 0.545 bits per heavy atom. The van der Waals surface area contributed by atoms with Crippen molar-refractivity contribution in [2.75, 3.05) is 33.0 Å². The highest BCUT2D eigenvalue weighted by Crippen LogP contribution is 2.43. The summed E-state index contributed by atoms with van der Waals surface area (Å²) in [4.78, 5) is 22.5. The molecule has 326 valence electrons. The maximum atomic E-state index is 12.6. The van der Waals surface area contributed by atoms with Crippen LogP contribution in [-0.4, -0.2) is 49.9 Å². The SMILES string of the molecule is CCCCCCC/C=C\C/C=C\CCCCCCCCCCCCOCC(COP(=O)(O)OCCN)OC(=O)CCCCCCCCCCCCCCCC. The molecule has 0 spiro atoms. The molecule has 0 aliphatic heterocycles. The van der Waals surface area contributed by atoms with Crippen LogP contribution < -0.4 is 5.73 Å². The van der Waals surface area contributed by atoms with Crippen molar-refractivity contribution in [3.63, 3.8) is 0 Å². The average Bonchev–Trinajstić information content (AvgIpc) is 3.17. The van der Waals surface area contributed by atoms with Gasteiger partial charge in [-0.1, -0.05) is 199 Å². The van der Waals surface area contributed by atoms with Crippen LogP contribution in [0.15, 0.2) is 24.3 Å². The van der Waals surface area contributed by atoms with E-state index in [0.717, 1.165) is 38.5 Å². The molecule has 0 aromatic carbocycles. The Morgan fingerprint density at radius 2 is 0.964 bits per heavy atom. The van der Waals surface area contributed by atoms with E-state index >= 15 is 0 Å². The standard InChI is InChI=1S/C46H90NO7P/c1-3-5-7-9-11-13-15-17-19-20-21-22-23-24-25-26-28-30-32-34-36-38-41-51-43-45(44-53-55(49,50)52-42-40-47)54-46(48)39-37-35-33-31-29-27-18-16-14-12-10-8-6-4-2/h15,17,20-21,45H,3-14,16,18-19,22-44,47H2,1-2H3,(H,49,50)/b17-15-,21-20-. The summed E-state index contributed by atoms with van der Waals surface area (Å²) >= 11 is 0. The molecule has 2 unspecified atom stereocenters. The number of unbranched alkanes of at least 4 members (excludes halogenated alkanes) is 28. The number of allylic oxidation sites excluding steroid dienone is 4. The number of phosphoric ester groups is 1. The van der Waals surface area contributed by atoms with Crippen LogP contribution in [0.4, 0.5) is 0 Å². The van der Waals surface area contributed by atoms with Gasteiger partial charge < -0.3 is 20.1 Å². The first-order valence-electron chi connectivity index (χ1n) is 23.3. The third-order valence-corrected chi connectivity index (χ3v) is 11.1. The van der Waals surface area contributed by atoms with Gasteiger partial charge in [-0.05, 0) is 44.9 Å². The van der Waals surface area contributed by atoms with E-state index in [1.54, 1.807) is 0 Å². The second-order valence-electron chi connectivity index (χ2n) is 15.6. The minimum Gasteiger partial charge on any atom is -0.457 e. The molecule has 0 amide bonds. The molecule has 0 saturated carbocycles. The molecule has 9 heteroatoms. The number of hydrogen-bond donors (Lipinski definition) is 2. The van der Waals surface area contributed by atoms with Crippen molar-refractivity contribution < 1.29 is 32.8 Å². The largest absolute Gasteiger partial charge is 0.472 e. The first-order valence-corrected chi connectivity index (χ1v) is 24.8. The molecular weight excluding hydrogens is 709 g/mol. The van der Waals surface area contributed by atoms with Crippen LogP contribution in [0.25, 0.3) is 0 Å². The maximum Gasteiger partial charge on any atom is 0.472 e. The number of carbonyl (C=O) groups is 1. The molecule has 0 aliphatic carbocycles. The van der Waals surface area contributed by atoms with Gasteiger partial charge in [-0.15, -0.1) is 0 Å². The zero-order chi connectivity index (χ0) is 40.2. The Morgan fingerprint density at radius 3 is 1.42 bits per heavy atom. The predicted molar refractivity (Wildman–Crippen MR) is 233 cm³/mol. The van der Waals surface area contributed by atoms with E-state index in [9.17, 15) is 14.3 Å². The molecule has 0 heterocycles. The van der Waals surface area contributed by atoms with Crippen molar-refractivity contribution in [2.24, 2.45) is 5.73 Å². The first kappa shape index (κ1) is 54.0. The number of hydrogen-bond acceptors (Lipinski definition) is 7. The summed E-state index contributed by atoms with van der Waals surface area (Å²) in [6, 6.07) is 0. The predicted octanol–water partition coefficient (Wildman–Crippen LogP) is 14.0. The number of carbonyl (C=O) groups excluding carboxylic acids is 1. The summed E-state index contributed by atoms with van der Waals surface area (Å²) < 4.78 is 33.5. The third-order valence-electron chi connectivity index (χ3n) is 10.1.